The standard InChI is InChI=1S/C20H18ClN3O/c1-2-3-14-4-10-18(22-12-14)15-5-7-16(8-6-15)20(25)24-19-11-9-17(21)13-23-19/h4-13H,2-3H2,1H3,(H,23,24,25). The highest BCUT2D eigenvalue weighted by molar-refractivity contribution is 6.30. The summed E-state index contributed by atoms with van der Waals surface area (Å²) in [4.78, 5) is 20.8. The Morgan fingerprint density at radius 2 is 1.80 bits per heavy atom. The van der Waals surface area contributed by atoms with Crippen molar-refractivity contribution in [1.29, 1.82) is 0 Å². The van der Waals surface area contributed by atoms with E-state index in [0.29, 0.717) is 16.4 Å². The van der Waals surface area contributed by atoms with Crippen LogP contribution in [-0.2, 0) is 6.42 Å². The zero-order chi connectivity index (χ0) is 17.6. The third kappa shape index (κ3) is 4.43. The fourth-order valence-corrected chi connectivity index (χ4v) is 2.57. The molecule has 0 atom stereocenters. The second-order valence-electron chi connectivity index (χ2n) is 5.69. The first-order valence-corrected chi connectivity index (χ1v) is 8.52. The summed E-state index contributed by atoms with van der Waals surface area (Å²) in [5.41, 5.74) is 3.66. The van der Waals surface area contributed by atoms with Crippen LogP contribution in [0.2, 0.25) is 5.02 Å². The topological polar surface area (TPSA) is 54.9 Å². The smallest absolute Gasteiger partial charge is 0.256 e. The van der Waals surface area contributed by atoms with Crippen LogP contribution < -0.4 is 5.32 Å². The summed E-state index contributed by atoms with van der Waals surface area (Å²) in [6, 6.07) is 14.8. The maximum Gasteiger partial charge on any atom is 0.256 e. The number of nitrogens with one attached hydrogen (secondary N) is 1. The lowest BCUT2D eigenvalue weighted by Gasteiger charge is -2.06. The lowest BCUT2D eigenvalue weighted by molar-refractivity contribution is 0.102. The fourth-order valence-electron chi connectivity index (χ4n) is 2.46. The molecule has 0 bridgehead atoms. The van der Waals surface area contributed by atoms with E-state index in [9.17, 15) is 4.79 Å². The molecule has 0 saturated carbocycles. The van der Waals surface area contributed by atoms with Crippen LogP contribution in [-0.4, -0.2) is 15.9 Å². The molecular formula is C20H18ClN3O. The third-order valence-corrected chi connectivity index (χ3v) is 4.00. The van der Waals surface area contributed by atoms with Gasteiger partial charge in [-0.2, -0.15) is 0 Å². The predicted octanol–water partition coefficient (Wildman–Crippen LogP) is 5.00. The summed E-state index contributed by atoms with van der Waals surface area (Å²) < 4.78 is 0. The number of benzene rings is 1. The first kappa shape index (κ1) is 17.1. The average molecular weight is 352 g/mol. The van der Waals surface area contributed by atoms with Crippen molar-refractivity contribution in [2.24, 2.45) is 0 Å². The number of anilines is 1. The highest BCUT2D eigenvalue weighted by atomic mass is 35.5. The Morgan fingerprint density at radius 1 is 1.00 bits per heavy atom. The molecule has 0 fully saturated rings. The van der Waals surface area contributed by atoms with Gasteiger partial charge in [-0.05, 0) is 42.3 Å². The summed E-state index contributed by atoms with van der Waals surface area (Å²) in [5, 5.41) is 3.27. The van der Waals surface area contributed by atoms with Crippen LogP contribution in [0.25, 0.3) is 11.3 Å². The monoisotopic (exact) mass is 351 g/mol. The van der Waals surface area contributed by atoms with Gasteiger partial charge in [0.15, 0.2) is 0 Å². The molecule has 25 heavy (non-hydrogen) atoms. The van der Waals surface area contributed by atoms with E-state index in [1.165, 1.54) is 11.8 Å². The molecule has 126 valence electrons. The van der Waals surface area contributed by atoms with E-state index in [2.05, 4.69) is 28.3 Å². The molecule has 3 rings (SSSR count). The molecule has 5 heteroatoms. The zero-order valence-corrected chi connectivity index (χ0v) is 14.6. The van der Waals surface area contributed by atoms with Crippen molar-refractivity contribution in [2.75, 3.05) is 5.32 Å². The molecule has 0 aliphatic rings. The molecule has 3 aromatic rings. The van der Waals surface area contributed by atoms with Crippen LogP contribution in [0.15, 0.2) is 60.9 Å². The Kier molecular flexibility index (Phi) is 5.41. The second kappa shape index (κ2) is 7.90. The van der Waals surface area contributed by atoms with Crippen LogP contribution >= 0.6 is 11.6 Å². The van der Waals surface area contributed by atoms with Gasteiger partial charge in [0.1, 0.15) is 5.82 Å². The Hall–Kier alpha value is -2.72. The quantitative estimate of drug-likeness (QED) is 0.703. The Morgan fingerprint density at radius 3 is 2.40 bits per heavy atom. The van der Waals surface area contributed by atoms with Crippen LogP contribution in [0.5, 0.6) is 0 Å². The Bertz CT molecular complexity index is 844. The van der Waals surface area contributed by atoms with Gasteiger partial charge in [-0.25, -0.2) is 4.98 Å². The van der Waals surface area contributed by atoms with Crippen molar-refractivity contribution in [3.63, 3.8) is 0 Å². The number of aryl methyl sites for hydroxylation is 1. The molecule has 0 aliphatic heterocycles. The van der Waals surface area contributed by atoms with Gasteiger partial charge in [0.05, 0.1) is 10.7 Å². The van der Waals surface area contributed by atoms with Gasteiger partial charge in [-0.15, -0.1) is 0 Å². The van der Waals surface area contributed by atoms with Crippen molar-refractivity contribution in [2.45, 2.75) is 19.8 Å². The molecule has 0 unspecified atom stereocenters. The zero-order valence-electron chi connectivity index (χ0n) is 13.9. The number of rotatable bonds is 5. The number of pyridine rings is 2. The maximum absolute atomic E-state index is 12.3. The summed E-state index contributed by atoms with van der Waals surface area (Å²) in [6.07, 6.45) is 5.54. The number of aromatic nitrogens is 2. The van der Waals surface area contributed by atoms with E-state index in [0.717, 1.165) is 24.1 Å². The number of amides is 1. The van der Waals surface area contributed by atoms with Gasteiger partial charge in [0.2, 0.25) is 0 Å². The van der Waals surface area contributed by atoms with E-state index in [1.807, 2.05) is 24.4 Å². The van der Waals surface area contributed by atoms with Crippen molar-refractivity contribution in [3.05, 3.63) is 77.1 Å². The minimum Gasteiger partial charge on any atom is -0.307 e. The van der Waals surface area contributed by atoms with E-state index in [4.69, 9.17) is 11.6 Å². The minimum absolute atomic E-state index is 0.215. The molecule has 1 amide bonds. The van der Waals surface area contributed by atoms with Gasteiger partial charge >= 0.3 is 0 Å². The van der Waals surface area contributed by atoms with E-state index in [1.54, 1.807) is 24.3 Å². The van der Waals surface area contributed by atoms with Crippen molar-refractivity contribution in [3.8, 4) is 11.3 Å². The lowest BCUT2D eigenvalue weighted by Crippen LogP contribution is -2.12. The van der Waals surface area contributed by atoms with Crippen LogP contribution in [0.1, 0.15) is 29.3 Å². The van der Waals surface area contributed by atoms with Crippen molar-refractivity contribution in [1.82, 2.24) is 9.97 Å². The number of halogens is 1. The predicted molar refractivity (Wildman–Crippen MR) is 101 cm³/mol. The number of hydrogen-bond acceptors (Lipinski definition) is 3. The second-order valence-corrected chi connectivity index (χ2v) is 6.13. The SMILES string of the molecule is CCCc1ccc(-c2ccc(C(=O)Nc3ccc(Cl)cn3)cc2)nc1. The highest BCUT2D eigenvalue weighted by Crippen LogP contribution is 2.19. The first-order valence-electron chi connectivity index (χ1n) is 8.14. The Labute approximate surface area is 151 Å². The molecule has 2 aromatic heterocycles. The van der Waals surface area contributed by atoms with Gasteiger partial charge in [0, 0.05) is 23.5 Å². The molecule has 0 saturated heterocycles. The number of hydrogen-bond donors (Lipinski definition) is 1. The average Bonchev–Trinajstić information content (AvgIpc) is 2.65. The maximum atomic E-state index is 12.3. The summed E-state index contributed by atoms with van der Waals surface area (Å²) in [6.45, 7) is 2.15. The van der Waals surface area contributed by atoms with Gasteiger partial charge in [0.25, 0.3) is 5.91 Å². The van der Waals surface area contributed by atoms with Gasteiger partial charge < -0.3 is 5.32 Å². The molecular weight excluding hydrogens is 334 g/mol. The van der Waals surface area contributed by atoms with E-state index >= 15 is 0 Å². The summed E-state index contributed by atoms with van der Waals surface area (Å²) >= 11 is 5.79. The fraction of sp³-hybridized carbons (Fsp3) is 0.150. The van der Waals surface area contributed by atoms with Crippen LogP contribution in [0, 0.1) is 0 Å². The van der Waals surface area contributed by atoms with Crippen molar-refractivity contribution >= 4 is 23.3 Å². The van der Waals surface area contributed by atoms with Crippen LogP contribution in [0.3, 0.4) is 0 Å². The number of carbonyl (C=O) groups is 1. The summed E-state index contributed by atoms with van der Waals surface area (Å²) in [5.74, 6) is 0.249. The molecule has 0 radical (unpaired) electrons. The number of nitrogens with zero attached hydrogens (tertiary/aromatic N) is 2. The largest absolute Gasteiger partial charge is 0.307 e. The van der Waals surface area contributed by atoms with E-state index < -0.39 is 0 Å². The third-order valence-electron chi connectivity index (χ3n) is 3.78. The van der Waals surface area contributed by atoms with Gasteiger partial charge in [-0.1, -0.05) is 43.1 Å². The molecule has 0 aliphatic carbocycles. The molecule has 4 nitrogen and oxygen atoms in total. The lowest BCUT2D eigenvalue weighted by atomic mass is 10.1. The first-order chi connectivity index (χ1) is 12.2. The molecule has 2 heterocycles. The normalized spacial score (nSPS) is 10.5. The molecule has 1 aromatic carbocycles. The van der Waals surface area contributed by atoms with Crippen LogP contribution in [0.4, 0.5) is 5.82 Å². The van der Waals surface area contributed by atoms with Crippen molar-refractivity contribution < 1.29 is 4.79 Å². The van der Waals surface area contributed by atoms with Gasteiger partial charge in [-0.3, -0.25) is 9.78 Å². The minimum atomic E-state index is -0.215. The molecule has 0 spiro atoms. The number of carbonyl (C=O) groups excluding carboxylic acids is 1. The Balaban J connectivity index is 1.70. The summed E-state index contributed by atoms with van der Waals surface area (Å²) in [7, 11) is 0. The highest BCUT2D eigenvalue weighted by Gasteiger charge is 2.08. The van der Waals surface area contributed by atoms with E-state index in [-0.39, 0.29) is 5.91 Å². The molecule has 1 N–H and O–H groups in total.